The van der Waals surface area contributed by atoms with Crippen LogP contribution in [0.2, 0.25) is 5.02 Å². The van der Waals surface area contributed by atoms with Gasteiger partial charge in [-0.3, -0.25) is 14.5 Å². The van der Waals surface area contributed by atoms with Crippen molar-refractivity contribution in [2.45, 2.75) is 4.90 Å². The first-order valence-electron chi connectivity index (χ1n) is 7.78. The lowest BCUT2D eigenvalue weighted by atomic mass is 10.2. The summed E-state index contributed by atoms with van der Waals surface area (Å²) in [5.41, 5.74) is 0.462. The standard InChI is InChI=1S/C18H13BrClN3O4S/c19-12-6-11(9-21-10-12)18(25)22-16-8-15(4-5-17(16)24)28(26,27)23-14-3-1-2-13(20)7-14/h1-10,23-24H,(H,22,25). The van der Waals surface area contributed by atoms with Gasteiger partial charge in [-0.2, -0.15) is 0 Å². The fraction of sp³-hybridized carbons (Fsp3) is 0. The number of amides is 1. The van der Waals surface area contributed by atoms with Gasteiger partial charge in [-0.05, 0) is 58.4 Å². The molecule has 0 aliphatic rings. The average Bonchev–Trinajstić information content (AvgIpc) is 2.63. The quantitative estimate of drug-likeness (QED) is 0.471. The Kier molecular flexibility index (Phi) is 5.87. The van der Waals surface area contributed by atoms with Crippen LogP contribution in [0.5, 0.6) is 5.75 Å². The second-order valence-corrected chi connectivity index (χ2v) is 8.68. The molecule has 0 atom stereocenters. The second-order valence-electron chi connectivity index (χ2n) is 5.64. The van der Waals surface area contributed by atoms with Crippen molar-refractivity contribution in [2.24, 2.45) is 0 Å². The van der Waals surface area contributed by atoms with Crippen LogP contribution >= 0.6 is 27.5 Å². The Balaban J connectivity index is 1.87. The molecule has 1 heterocycles. The average molecular weight is 483 g/mol. The van der Waals surface area contributed by atoms with Crippen LogP contribution in [0.1, 0.15) is 10.4 Å². The maximum atomic E-state index is 12.6. The Labute approximate surface area is 174 Å². The molecular weight excluding hydrogens is 470 g/mol. The SMILES string of the molecule is O=C(Nc1cc(S(=O)(=O)Nc2cccc(Cl)c2)ccc1O)c1cncc(Br)c1. The van der Waals surface area contributed by atoms with Crippen LogP contribution in [0, 0.1) is 0 Å². The number of carbonyl (C=O) groups excluding carboxylic acids is 1. The number of nitrogens with zero attached hydrogens (tertiary/aromatic N) is 1. The maximum absolute atomic E-state index is 12.6. The highest BCUT2D eigenvalue weighted by atomic mass is 79.9. The first-order valence-corrected chi connectivity index (χ1v) is 10.4. The fourth-order valence-electron chi connectivity index (χ4n) is 2.28. The van der Waals surface area contributed by atoms with E-state index in [0.717, 1.165) is 6.07 Å². The molecule has 0 saturated carbocycles. The molecule has 1 aromatic heterocycles. The first-order chi connectivity index (χ1) is 13.2. The van der Waals surface area contributed by atoms with Gasteiger partial charge in [0.1, 0.15) is 5.75 Å². The zero-order valence-corrected chi connectivity index (χ0v) is 17.2. The third-order valence-corrected chi connectivity index (χ3v) is 5.62. The zero-order chi connectivity index (χ0) is 20.3. The number of rotatable bonds is 5. The lowest BCUT2D eigenvalue weighted by molar-refractivity contribution is 0.102. The van der Waals surface area contributed by atoms with Gasteiger partial charge in [-0.1, -0.05) is 17.7 Å². The molecule has 0 aliphatic carbocycles. The normalized spacial score (nSPS) is 11.1. The van der Waals surface area contributed by atoms with Crippen molar-refractivity contribution in [3.63, 3.8) is 0 Å². The Morgan fingerprint density at radius 2 is 1.89 bits per heavy atom. The molecule has 3 aromatic rings. The number of hydrogen-bond donors (Lipinski definition) is 3. The Morgan fingerprint density at radius 1 is 1.11 bits per heavy atom. The number of anilines is 2. The van der Waals surface area contributed by atoms with Gasteiger partial charge in [0.2, 0.25) is 0 Å². The van der Waals surface area contributed by atoms with Gasteiger partial charge >= 0.3 is 0 Å². The van der Waals surface area contributed by atoms with Gasteiger partial charge in [0.25, 0.3) is 15.9 Å². The third-order valence-electron chi connectivity index (χ3n) is 3.57. The fourth-order valence-corrected chi connectivity index (χ4v) is 3.91. The first kappa shape index (κ1) is 20.1. The molecule has 28 heavy (non-hydrogen) atoms. The van der Waals surface area contributed by atoms with E-state index in [4.69, 9.17) is 11.6 Å². The molecule has 0 spiro atoms. The number of sulfonamides is 1. The smallest absolute Gasteiger partial charge is 0.261 e. The Morgan fingerprint density at radius 3 is 2.61 bits per heavy atom. The molecule has 144 valence electrons. The van der Waals surface area contributed by atoms with Crippen molar-refractivity contribution in [3.8, 4) is 5.75 Å². The molecule has 0 unspecified atom stereocenters. The Hall–Kier alpha value is -2.62. The molecule has 0 saturated heterocycles. The van der Waals surface area contributed by atoms with E-state index in [2.05, 4.69) is 31.0 Å². The molecule has 10 heteroatoms. The number of pyridine rings is 1. The summed E-state index contributed by atoms with van der Waals surface area (Å²) in [5.74, 6) is -0.834. The summed E-state index contributed by atoms with van der Waals surface area (Å²) in [7, 11) is -3.97. The third kappa shape index (κ3) is 4.80. The second kappa shape index (κ2) is 8.17. The molecule has 0 radical (unpaired) electrons. The number of hydrogen-bond acceptors (Lipinski definition) is 5. The molecule has 7 nitrogen and oxygen atoms in total. The Bertz CT molecular complexity index is 1160. The summed E-state index contributed by atoms with van der Waals surface area (Å²) >= 11 is 9.08. The van der Waals surface area contributed by atoms with E-state index < -0.39 is 15.9 Å². The summed E-state index contributed by atoms with van der Waals surface area (Å²) in [5, 5.41) is 12.9. The summed E-state index contributed by atoms with van der Waals surface area (Å²) < 4.78 is 28.2. The topological polar surface area (TPSA) is 108 Å². The lowest BCUT2D eigenvalue weighted by Gasteiger charge is -2.12. The molecule has 2 aromatic carbocycles. The number of phenolic OH excluding ortho intramolecular Hbond substituents is 1. The van der Waals surface area contributed by atoms with Crippen LogP contribution in [0.4, 0.5) is 11.4 Å². The summed E-state index contributed by atoms with van der Waals surface area (Å²) in [6, 6.07) is 11.3. The van der Waals surface area contributed by atoms with E-state index >= 15 is 0 Å². The number of phenols is 1. The number of carbonyl (C=O) groups is 1. The molecule has 3 N–H and O–H groups in total. The minimum atomic E-state index is -3.97. The molecule has 0 aliphatic heterocycles. The van der Waals surface area contributed by atoms with E-state index in [-0.39, 0.29) is 27.6 Å². The predicted octanol–water partition coefficient (Wildman–Crippen LogP) is 4.26. The minimum absolute atomic E-state index is 0.0565. The lowest BCUT2D eigenvalue weighted by Crippen LogP contribution is -2.15. The number of halogens is 2. The van der Waals surface area contributed by atoms with Crippen molar-refractivity contribution in [3.05, 3.63) is 76.0 Å². The van der Waals surface area contributed by atoms with E-state index in [0.29, 0.717) is 9.50 Å². The number of nitrogens with one attached hydrogen (secondary N) is 2. The molecule has 0 bridgehead atoms. The van der Waals surface area contributed by atoms with Crippen LogP contribution in [0.15, 0.2) is 70.3 Å². The van der Waals surface area contributed by atoms with Gasteiger partial charge < -0.3 is 10.4 Å². The van der Waals surface area contributed by atoms with Crippen LogP contribution in [-0.2, 0) is 10.0 Å². The summed E-state index contributed by atoms with van der Waals surface area (Å²) in [6.07, 6.45) is 2.86. The van der Waals surface area contributed by atoms with E-state index in [9.17, 15) is 18.3 Å². The number of aromatic hydroxyl groups is 1. The van der Waals surface area contributed by atoms with Crippen LogP contribution in [0.25, 0.3) is 0 Å². The molecular formula is C18H13BrClN3O4S. The number of aromatic nitrogens is 1. The van der Waals surface area contributed by atoms with Gasteiger partial charge in [0, 0.05) is 21.9 Å². The molecule has 3 rings (SSSR count). The largest absolute Gasteiger partial charge is 0.506 e. The maximum Gasteiger partial charge on any atom is 0.261 e. The summed E-state index contributed by atoms with van der Waals surface area (Å²) in [6.45, 7) is 0. The molecule has 1 amide bonds. The van der Waals surface area contributed by atoms with Gasteiger partial charge in [0.05, 0.1) is 21.8 Å². The number of benzene rings is 2. The van der Waals surface area contributed by atoms with E-state index in [1.807, 2.05) is 0 Å². The van der Waals surface area contributed by atoms with Crippen molar-refractivity contribution in [1.29, 1.82) is 0 Å². The van der Waals surface area contributed by atoms with Crippen molar-refractivity contribution in [2.75, 3.05) is 10.0 Å². The summed E-state index contributed by atoms with van der Waals surface area (Å²) in [4.78, 5) is 16.1. The van der Waals surface area contributed by atoms with Crippen molar-refractivity contribution < 1.29 is 18.3 Å². The van der Waals surface area contributed by atoms with Crippen molar-refractivity contribution in [1.82, 2.24) is 4.98 Å². The van der Waals surface area contributed by atoms with Crippen LogP contribution < -0.4 is 10.0 Å². The predicted molar refractivity (Wildman–Crippen MR) is 110 cm³/mol. The zero-order valence-electron chi connectivity index (χ0n) is 14.1. The minimum Gasteiger partial charge on any atom is -0.506 e. The van der Waals surface area contributed by atoms with Gasteiger partial charge in [-0.15, -0.1) is 0 Å². The van der Waals surface area contributed by atoms with Crippen LogP contribution in [-0.4, -0.2) is 24.4 Å². The highest BCUT2D eigenvalue weighted by molar-refractivity contribution is 9.10. The van der Waals surface area contributed by atoms with Crippen molar-refractivity contribution >= 4 is 54.8 Å². The van der Waals surface area contributed by atoms with E-state index in [1.165, 1.54) is 30.6 Å². The highest BCUT2D eigenvalue weighted by Gasteiger charge is 2.18. The highest BCUT2D eigenvalue weighted by Crippen LogP contribution is 2.28. The van der Waals surface area contributed by atoms with E-state index in [1.54, 1.807) is 24.3 Å². The monoisotopic (exact) mass is 481 g/mol. The van der Waals surface area contributed by atoms with Crippen LogP contribution in [0.3, 0.4) is 0 Å². The van der Waals surface area contributed by atoms with Gasteiger partial charge in [0.15, 0.2) is 0 Å². The molecule has 0 fully saturated rings. The van der Waals surface area contributed by atoms with Gasteiger partial charge in [-0.25, -0.2) is 8.42 Å².